The molecule has 8 nitrogen and oxygen atoms in total. The van der Waals surface area contributed by atoms with E-state index in [1.54, 1.807) is 72.8 Å². The second-order valence-corrected chi connectivity index (χ2v) is 7.86. The minimum absolute atomic E-state index is 0.112. The molecule has 0 saturated carbocycles. The summed E-state index contributed by atoms with van der Waals surface area (Å²) in [7, 11) is 0. The summed E-state index contributed by atoms with van der Waals surface area (Å²) in [6.45, 7) is 1.56. The zero-order chi connectivity index (χ0) is 23.9. The molecule has 172 valence electrons. The molecule has 0 aliphatic heterocycles. The van der Waals surface area contributed by atoms with Crippen LogP contribution in [-0.2, 0) is 22.6 Å². The van der Waals surface area contributed by atoms with E-state index in [0.717, 1.165) is 11.1 Å². The van der Waals surface area contributed by atoms with Gasteiger partial charge in [-0.15, -0.1) is 10.2 Å². The van der Waals surface area contributed by atoms with Gasteiger partial charge in [0.05, 0.1) is 6.42 Å². The molecule has 0 aliphatic rings. The van der Waals surface area contributed by atoms with Gasteiger partial charge in [-0.05, 0) is 66.2 Å². The molecule has 4 aromatic rings. The van der Waals surface area contributed by atoms with Crippen molar-refractivity contribution >= 4 is 34.8 Å². The van der Waals surface area contributed by atoms with E-state index in [0.29, 0.717) is 33.9 Å². The Morgan fingerprint density at radius 3 is 2.21 bits per heavy atom. The number of nitrogens with one attached hydrogen (secondary N) is 2. The van der Waals surface area contributed by atoms with Crippen molar-refractivity contribution in [2.45, 2.75) is 20.0 Å². The lowest BCUT2D eigenvalue weighted by Gasteiger charge is -2.08. The molecule has 3 aromatic carbocycles. The zero-order valence-electron chi connectivity index (χ0n) is 18.2. The number of carbonyl (C=O) groups excluding carboxylic acids is 2. The summed E-state index contributed by atoms with van der Waals surface area (Å²) in [5, 5.41) is 14.2. The van der Waals surface area contributed by atoms with E-state index in [1.807, 2.05) is 0 Å². The molecule has 0 bridgehead atoms. The molecule has 0 fully saturated rings. The fraction of sp³-hybridized carbons (Fsp3) is 0.120. The van der Waals surface area contributed by atoms with Crippen LogP contribution >= 0.6 is 11.6 Å². The molecule has 0 radical (unpaired) electrons. The maximum Gasteiger partial charge on any atom is 0.254 e. The first-order chi connectivity index (χ1) is 16.4. The topological polar surface area (TPSA) is 106 Å². The third-order valence-corrected chi connectivity index (χ3v) is 4.95. The molecule has 34 heavy (non-hydrogen) atoms. The van der Waals surface area contributed by atoms with Gasteiger partial charge in [-0.1, -0.05) is 23.7 Å². The molecule has 0 saturated heterocycles. The van der Waals surface area contributed by atoms with Crippen LogP contribution in [0.4, 0.5) is 11.4 Å². The highest BCUT2D eigenvalue weighted by atomic mass is 35.5. The van der Waals surface area contributed by atoms with Crippen LogP contribution in [0, 0.1) is 0 Å². The van der Waals surface area contributed by atoms with Crippen molar-refractivity contribution in [1.29, 1.82) is 0 Å². The number of ether oxygens (including phenoxy) is 1. The summed E-state index contributed by atoms with van der Waals surface area (Å²) in [5.41, 5.74) is 2.94. The first kappa shape index (κ1) is 23.0. The molecular weight excluding hydrogens is 456 g/mol. The van der Waals surface area contributed by atoms with Gasteiger partial charge in [0.2, 0.25) is 17.7 Å². The van der Waals surface area contributed by atoms with E-state index in [9.17, 15) is 9.59 Å². The summed E-state index contributed by atoms with van der Waals surface area (Å²) in [6.07, 6.45) is 0.214. The summed E-state index contributed by atoms with van der Waals surface area (Å²) >= 11 is 5.89. The van der Waals surface area contributed by atoms with Crippen LogP contribution in [-0.4, -0.2) is 22.0 Å². The molecule has 0 aliphatic carbocycles. The standard InChI is InChI=1S/C25H21ClN4O4/c1-16(31)27-20-8-2-17(3-9-20)14-23(32)28-21-10-12-22(13-11-21)33-15-24-29-30-25(34-24)18-4-6-19(26)7-5-18/h2-13H,14-15H2,1H3,(H,27,31)(H,28,32). The van der Waals surface area contributed by atoms with Crippen LogP contribution in [0.15, 0.2) is 77.2 Å². The van der Waals surface area contributed by atoms with Gasteiger partial charge in [-0.25, -0.2) is 0 Å². The predicted molar refractivity (Wildman–Crippen MR) is 129 cm³/mol. The van der Waals surface area contributed by atoms with Crippen molar-refractivity contribution in [3.05, 3.63) is 89.3 Å². The Morgan fingerprint density at radius 1 is 0.882 bits per heavy atom. The molecule has 4 rings (SSSR count). The molecule has 2 N–H and O–H groups in total. The first-order valence-corrected chi connectivity index (χ1v) is 10.8. The lowest BCUT2D eigenvalue weighted by Crippen LogP contribution is -2.14. The van der Waals surface area contributed by atoms with Gasteiger partial charge in [0.15, 0.2) is 6.61 Å². The minimum atomic E-state index is -0.151. The Labute approximate surface area is 200 Å². The maximum atomic E-state index is 12.3. The Bertz CT molecular complexity index is 1270. The maximum absolute atomic E-state index is 12.3. The Morgan fingerprint density at radius 2 is 1.53 bits per heavy atom. The van der Waals surface area contributed by atoms with Gasteiger partial charge in [-0.2, -0.15) is 0 Å². The third-order valence-electron chi connectivity index (χ3n) is 4.70. The number of rotatable bonds is 8. The van der Waals surface area contributed by atoms with Crippen molar-refractivity contribution < 1.29 is 18.7 Å². The summed E-state index contributed by atoms with van der Waals surface area (Å²) in [6, 6.07) is 21.2. The number of hydrogen-bond acceptors (Lipinski definition) is 6. The molecule has 2 amide bonds. The molecule has 0 atom stereocenters. The zero-order valence-corrected chi connectivity index (χ0v) is 19.0. The average molecular weight is 477 g/mol. The molecular formula is C25H21ClN4O4. The summed E-state index contributed by atoms with van der Waals surface area (Å²) < 4.78 is 11.3. The number of hydrogen-bond donors (Lipinski definition) is 2. The second kappa shape index (κ2) is 10.6. The predicted octanol–water partition coefficient (Wildman–Crippen LogP) is 5.11. The average Bonchev–Trinajstić information content (AvgIpc) is 3.29. The van der Waals surface area contributed by atoms with E-state index in [2.05, 4.69) is 20.8 Å². The SMILES string of the molecule is CC(=O)Nc1ccc(CC(=O)Nc2ccc(OCc3nnc(-c4ccc(Cl)cc4)o3)cc2)cc1. The highest BCUT2D eigenvalue weighted by Gasteiger charge is 2.10. The lowest BCUT2D eigenvalue weighted by molar-refractivity contribution is -0.116. The number of halogens is 1. The molecule has 1 aromatic heterocycles. The van der Waals surface area contributed by atoms with E-state index in [1.165, 1.54) is 6.92 Å². The van der Waals surface area contributed by atoms with Crippen LogP contribution in [0.2, 0.25) is 5.02 Å². The van der Waals surface area contributed by atoms with E-state index >= 15 is 0 Å². The van der Waals surface area contributed by atoms with Crippen molar-refractivity contribution in [1.82, 2.24) is 10.2 Å². The second-order valence-electron chi connectivity index (χ2n) is 7.42. The molecule has 0 unspecified atom stereocenters. The van der Waals surface area contributed by atoms with E-state index in [-0.39, 0.29) is 24.8 Å². The molecule has 0 spiro atoms. The van der Waals surface area contributed by atoms with Crippen LogP contribution in [0.25, 0.3) is 11.5 Å². The Kier molecular flexibility index (Phi) is 7.19. The van der Waals surface area contributed by atoms with Crippen molar-refractivity contribution in [2.75, 3.05) is 10.6 Å². The monoisotopic (exact) mass is 476 g/mol. The summed E-state index contributed by atoms with van der Waals surface area (Å²) in [5.74, 6) is 1.03. The van der Waals surface area contributed by atoms with E-state index in [4.69, 9.17) is 20.8 Å². The Hall–Kier alpha value is -4.17. The lowest BCUT2D eigenvalue weighted by atomic mass is 10.1. The third kappa shape index (κ3) is 6.43. The number of anilines is 2. The number of benzene rings is 3. The fourth-order valence-electron chi connectivity index (χ4n) is 3.10. The number of amides is 2. The number of nitrogens with zero attached hydrogens (tertiary/aromatic N) is 2. The first-order valence-electron chi connectivity index (χ1n) is 10.4. The largest absolute Gasteiger partial charge is 0.484 e. The highest BCUT2D eigenvalue weighted by Crippen LogP contribution is 2.22. The van der Waals surface area contributed by atoms with Crippen molar-refractivity contribution in [3.8, 4) is 17.2 Å². The molecule has 1 heterocycles. The number of carbonyl (C=O) groups is 2. The normalized spacial score (nSPS) is 10.5. The molecule has 9 heteroatoms. The van der Waals surface area contributed by atoms with Crippen LogP contribution in [0.1, 0.15) is 18.4 Å². The summed E-state index contributed by atoms with van der Waals surface area (Å²) in [4.78, 5) is 23.4. The van der Waals surface area contributed by atoms with Gasteiger partial charge in [0, 0.05) is 28.9 Å². The Balaban J connectivity index is 1.26. The van der Waals surface area contributed by atoms with Gasteiger partial charge in [-0.3, -0.25) is 9.59 Å². The van der Waals surface area contributed by atoms with Crippen molar-refractivity contribution in [2.24, 2.45) is 0 Å². The van der Waals surface area contributed by atoms with E-state index < -0.39 is 0 Å². The number of aromatic nitrogens is 2. The van der Waals surface area contributed by atoms with Crippen LogP contribution in [0.3, 0.4) is 0 Å². The quantitative estimate of drug-likeness (QED) is 0.366. The van der Waals surface area contributed by atoms with Gasteiger partial charge < -0.3 is 19.8 Å². The van der Waals surface area contributed by atoms with Gasteiger partial charge in [0.25, 0.3) is 5.89 Å². The minimum Gasteiger partial charge on any atom is -0.484 e. The van der Waals surface area contributed by atoms with Crippen molar-refractivity contribution in [3.63, 3.8) is 0 Å². The van der Waals surface area contributed by atoms with Gasteiger partial charge >= 0.3 is 0 Å². The van der Waals surface area contributed by atoms with Gasteiger partial charge in [0.1, 0.15) is 5.75 Å². The highest BCUT2D eigenvalue weighted by molar-refractivity contribution is 6.30. The van der Waals surface area contributed by atoms with Crippen LogP contribution in [0.5, 0.6) is 5.75 Å². The smallest absolute Gasteiger partial charge is 0.254 e. The van der Waals surface area contributed by atoms with Crippen LogP contribution < -0.4 is 15.4 Å². The fourth-order valence-corrected chi connectivity index (χ4v) is 3.23.